The maximum atomic E-state index is 11.9. The first kappa shape index (κ1) is 14.1. The Balaban J connectivity index is 1.98. The number of rotatable bonds is 3. The number of ether oxygens (including phenoxy) is 1. The number of nitrogen functional groups attached to an aromatic ring is 1. The van der Waals surface area contributed by atoms with Crippen molar-refractivity contribution < 1.29 is 9.53 Å². The van der Waals surface area contributed by atoms with E-state index < -0.39 is 0 Å². The normalized spacial score (nSPS) is 22.9. The molecule has 0 bridgehead atoms. The van der Waals surface area contributed by atoms with Crippen molar-refractivity contribution in [2.24, 2.45) is 0 Å². The molecule has 3 rings (SSSR count). The molecule has 1 aliphatic carbocycles. The number of thiophene rings is 1. The Morgan fingerprint density at radius 3 is 2.80 bits per heavy atom. The summed E-state index contributed by atoms with van der Waals surface area (Å²) in [5.74, 6) is 1.38. The third kappa shape index (κ3) is 2.51. The van der Waals surface area contributed by atoms with E-state index in [9.17, 15) is 4.79 Å². The van der Waals surface area contributed by atoms with Crippen molar-refractivity contribution in [3.05, 3.63) is 10.4 Å². The van der Waals surface area contributed by atoms with Crippen LogP contribution in [0.2, 0.25) is 0 Å². The highest BCUT2D eigenvalue weighted by Gasteiger charge is 2.35. The Labute approximate surface area is 127 Å². The van der Waals surface area contributed by atoms with Gasteiger partial charge >= 0.3 is 5.97 Å². The van der Waals surface area contributed by atoms with Gasteiger partial charge in [0.2, 0.25) is 0 Å². The lowest BCUT2D eigenvalue weighted by Gasteiger charge is -2.32. The van der Waals surface area contributed by atoms with Crippen molar-refractivity contribution in [1.82, 2.24) is 0 Å². The van der Waals surface area contributed by atoms with Crippen LogP contribution in [-0.4, -0.2) is 37.2 Å². The molecule has 6 heteroatoms. The zero-order valence-electron chi connectivity index (χ0n) is 11.8. The van der Waals surface area contributed by atoms with E-state index >= 15 is 0 Å². The number of anilines is 2. The summed E-state index contributed by atoms with van der Waals surface area (Å²) in [5, 5.41) is 1.83. The van der Waals surface area contributed by atoms with Crippen molar-refractivity contribution in [1.29, 1.82) is 0 Å². The van der Waals surface area contributed by atoms with E-state index in [2.05, 4.69) is 11.8 Å². The molecule has 2 fully saturated rings. The predicted octanol–water partition coefficient (Wildman–Crippen LogP) is 2.94. The number of carbonyl (C=O) groups excluding carboxylic acids is 1. The van der Waals surface area contributed by atoms with Crippen LogP contribution in [0, 0.1) is 0 Å². The first-order valence-electron chi connectivity index (χ1n) is 6.98. The molecule has 2 aliphatic rings. The maximum Gasteiger partial charge on any atom is 0.350 e. The highest BCUT2D eigenvalue weighted by atomic mass is 32.2. The minimum absolute atomic E-state index is 0.305. The van der Waals surface area contributed by atoms with Crippen molar-refractivity contribution in [3.8, 4) is 0 Å². The molecule has 1 saturated carbocycles. The van der Waals surface area contributed by atoms with Crippen LogP contribution >= 0.6 is 23.1 Å². The van der Waals surface area contributed by atoms with Gasteiger partial charge in [-0.2, -0.15) is 11.8 Å². The van der Waals surface area contributed by atoms with Gasteiger partial charge in [-0.1, -0.05) is 6.92 Å². The topological polar surface area (TPSA) is 55.6 Å². The Morgan fingerprint density at radius 2 is 2.20 bits per heavy atom. The van der Waals surface area contributed by atoms with E-state index in [1.807, 2.05) is 11.8 Å². The molecule has 1 atom stereocenters. The number of hydrogen-bond donors (Lipinski definition) is 1. The average Bonchev–Trinajstić information content (AvgIpc) is 3.21. The first-order valence-corrected chi connectivity index (χ1v) is 8.85. The van der Waals surface area contributed by atoms with Gasteiger partial charge in [0.1, 0.15) is 4.88 Å². The van der Waals surface area contributed by atoms with Crippen molar-refractivity contribution in [2.45, 2.75) is 30.9 Å². The highest BCUT2D eigenvalue weighted by Crippen LogP contribution is 2.52. The zero-order valence-corrected chi connectivity index (χ0v) is 13.5. The quantitative estimate of drug-likeness (QED) is 0.870. The third-order valence-corrected chi connectivity index (χ3v) is 6.25. The standard InChI is InChI=1S/C14H20N2O2S2/c1-8-7-16(5-6-19-8)13-10(9-3-4-9)11(15)12(20-13)14(17)18-2/h8-9H,3-7,15H2,1-2H3. The van der Waals surface area contributed by atoms with E-state index in [1.54, 1.807) is 0 Å². The number of thioether (sulfide) groups is 1. The summed E-state index contributed by atoms with van der Waals surface area (Å²) in [6, 6.07) is 0. The highest BCUT2D eigenvalue weighted by molar-refractivity contribution is 8.00. The van der Waals surface area contributed by atoms with Gasteiger partial charge in [0.25, 0.3) is 0 Å². The van der Waals surface area contributed by atoms with Crippen molar-refractivity contribution in [2.75, 3.05) is 36.6 Å². The molecule has 0 spiro atoms. The van der Waals surface area contributed by atoms with Crippen LogP contribution in [0.5, 0.6) is 0 Å². The molecular formula is C14H20N2O2S2. The Hall–Kier alpha value is -0.880. The van der Waals surface area contributed by atoms with Crippen molar-refractivity contribution >= 4 is 39.8 Å². The summed E-state index contributed by atoms with van der Waals surface area (Å²) < 4.78 is 4.86. The van der Waals surface area contributed by atoms with Gasteiger partial charge in [0.15, 0.2) is 0 Å². The van der Waals surface area contributed by atoms with Gasteiger partial charge in [-0.25, -0.2) is 4.79 Å². The van der Waals surface area contributed by atoms with Gasteiger partial charge in [0, 0.05) is 29.7 Å². The Bertz CT molecular complexity index is 525. The van der Waals surface area contributed by atoms with E-state index in [1.165, 1.54) is 41.9 Å². The summed E-state index contributed by atoms with van der Waals surface area (Å²) in [6.45, 7) is 4.33. The Kier molecular flexibility index (Phi) is 3.86. The summed E-state index contributed by atoms with van der Waals surface area (Å²) in [7, 11) is 1.41. The largest absolute Gasteiger partial charge is 0.465 e. The Morgan fingerprint density at radius 1 is 1.45 bits per heavy atom. The van der Waals surface area contributed by atoms with Crippen LogP contribution in [-0.2, 0) is 4.74 Å². The second-order valence-corrected chi connectivity index (χ2v) is 8.00. The van der Waals surface area contributed by atoms with E-state index in [4.69, 9.17) is 10.5 Å². The van der Waals surface area contributed by atoms with Gasteiger partial charge in [-0.05, 0) is 18.8 Å². The van der Waals surface area contributed by atoms with Crippen LogP contribution in [0.1, 0.15) is 40.9 Å². The summed E-state index contributed by atoms with van der Waals surface area (Å²) in [4.78, 5) is 14.9. The molecule has 2 N–H and O–H groups in total. The van der Waals surface area contributed by atoms with E-state index in [-0.39, 0.29) is 5.97 Å². The number of nitrogens with zero attached hydrogens (tertiary/aromatic N) is 1. The third-order valence-electron chi connectivity index (χ3n) is 3.85. The molecule has 0 aromatic carbocycles. The number of hydrogen-bond acceptors (Lipinski definition) is 6. The van der Waals surface area contributed by atoms with Crippen molar-refractivity contribution in [3.63, 3.8) is 0 Å². The van der Waals surface area contributed by atoms with Gasteiger partial charge in [0.05, 0.1) is 17.8 Å². The van der Waals surface area contributed by atoms with Gasteiger partial charge < -0.3 is 15.4 Å². The molecule has 1 aliphatic heterocycles. The number of nitrogens with two attached hydrogens (primary N) is 1. The maximum absolute atomic E-state index is 11.9. The number of esters is 1. The van der Waals surface area contributed by atoms with Gasteiger partial charge in [-0.15, -0.1) is 11.3 Å². The second kappa shape index (κ2) is 5.48. The molecule has 2 heterocycles. The molecule has 1 aromatic heterocycles. The lowest BCUT2D eigenvalue weighted by Crippen LogP contribution is -2.36. The van der Waals surface area contributed by atoms with E-state index in [0.29, 0.717) is 21.7 Å². The lowest BCUT2D eigenvalue weighted by molar-refractivity contribution is 0.0607. The smallest absolute Gasteiger partial charge is 0.350 e. The molecule has 0 radical (unpaired) electrons. The fourth-order valence-corrected chi connectivity index (χ4v) is 4.97. The average molecular weight is 312 g/mol. The van der Waals surface area contributed by atoms with Crippen LogP contribution in [0.4, 0.5) is 10.7 Å². The molecular weight excluding hydrogens is 292 g/mol. The summed E-state index contributed by atoms with van der Waals surface area (Å²) >= 11 is 3.52. The monoisotopic (exact) mass is 312 g/mol. The van der Waals surface area contributed by atoms with Crippen LogP contribution in [0.15, 0.2) is 0 Å². The predicted molar refractivity (Wildman–Crippen MR) is 86.2 cm³/mol. The van der Waals surface area contributed by atoms with Gasteiger partial charge in [-0.3, -0.25) is 0 Å². The number of carbonyl (C=O) groups is 1. The first-order chi connectivity index (χ1) is 9.61. The zero-order chi connectivity index (χ0) is 14.3. The minimum atomic E-state index is -0.305. The minimum Gasteiger partial charge on any atom is -0.465 e. The lowest BCUT2D eigenvalue weighted by atomic mass is 10.1. The summed E-state index contributed by atoms with van der Waals surface area (Å²) in [6.07, 6.45) is 2.37. The SMILES string of the molecule is COC(=O)c1sc(N2CCSC(C)C2)c(C2CC2)c1N. The molecule has 0 amide bonds. The molecule has 110 valence electrons. The molecule has 1 unspecified atom stereocenters. The van der Waals surface area contributed by atoms with Crippen LogP contribution in [0.3, 0.4) is 0 Å². The summed E-state index contributed by atoms with van der Waals surface area (Å²) in [5.41, 5.74) is 8.10. The molecule has 20 heavy (non-hydrogen) atoms. The van der Waals surface area contributed by atoms with Crippen LogP contribution < -0.4 is 10.6 Å². The van der Waals surface area contributed by atoms with E-state index in [0.717, 1.165) is 18.8 Å². The molecule has 1 saturated heterocycles. The fraction of sp³-hybridized carbons (Fsp3) is 0.643. The van der Waals surface area contributed by atoms with Crippen LogP contribution in [0.25, 0.3) is 0 Å². The number of methoxy groups -OCH3 is 1. The second-order valence-electron chi connectivity index (χ2n) is 5.46. The molecule has 4 nitrogen and oxygen atoms in total. The fourth-order valence-electron chi connectivity index (χ4n) is 2.69. The molecule has 1 aromatic rings.